The summed E-state index contributed by atoms with van der Waals surface area (Å²) in [6.45, 7) is 2.87. The summed E-state index contributed by atoms with van der Waals surface area (Å²) < 4.78 is 10.00. The van der Waals surface area contributed by atoms with Gasteiger partial charge in [0.05, 0.1) is 17.0 Å². The molecule has 2 atom stereocenters. The summed E-state index contributed by atoms with van der Waals surface area (Å²) in [4.78, 5) is 35.9. The zero-order valence-electron chi connectivity index (χ0n) is 13.6. The van der Waals surface area contributed by atoms with Crippen LogP contribution in [0.5, 0.6) is 0 Å². The van der Waals surface area contributed by atoms with Crippen molar-refractivity contribution in [3.8, 4) is 0 Å². The number of hydrogen-bond donors (Lipinski definition) is 2. The first-order valence-electron chi connectivity index (χ1n) is 7.48. The minimum atomic E-state index is -1.06. The highest BCUT2D eigenvalue weighted by Gasteiger charge is 2.24. The summed E-state index contributed by atoms with van der Waals surface area (Å²) >= 11 is 5.96. The smallest absolute Gasteiger partial charge is 0.329 e. The van der Waals surface area contributed by atoms with Crippen LogP contribution < -0.4 is 10.6 Å². The fourth-order valence-corrected chi connectivity index (χ4v) is 2.04. The van der Waals surface area contributed by atoms with Crippen LogP contribution in [0.25, 0.3) is 0 Å². The predicted molar refractivity (Wildman–Crippen MR) is 91.3 cm³/mol. The third kappa shape index (κ3) is 5.09. The molecule has 2 rings (SSSR count). The third-order valence-corrected chi connectivity index (χ3v) is 3.57. The van der Waals surface area contributed by atoms with Crippen molar-refractivity contribution in [2.75, 3.05) is 5.32 Å². The number of halogens is 1. The summed E-state index contributed by atoms with van der Waals surface area (Å²) in [5, 5.41) is 5.36. The lowest BCUT2D eigenvalue weighted by Crippen LogP contribution is -2.42. The molecule has 0 fully saturated rings. The first kappa shape index (κ1) is 18.5. The molecule has 1 heterocycles. The summed E-state index contributed by atoms with van der Waals surface area (Å²) in [6.07, 6.45) is 0.283. The number of benzene rings is 1. The molecule has 0 saturated heterocycles. The van der Waals surface area contributed by atoms with Gasteiger partial charge >= 0.3 is 5.97 Å². The Balaban J connectivity index is 1.87. The molecule has 2 N–H and O–H groups in total. The van der Waals surface area contributed by atoms with E-state index in [1.54, 1.807) is 30.3 Å². The van der Waals surface area contributed by atoms with Gasteiger partial charge in [0.25, 0.3) is 11.8 Å². The Morgan fingerprint density at radius 2 is 1.84 bits per heavy atom. The highest BCUT2D eigenvalue weighted by molar-refractivity contribution is 6.33. The lowest BCUT2D eigenvalue weighted by molar-refractivity contribution is -0.154. The van der Waals surface area contributed by atoms with Crippen LogP contribution in [0.2, 0.25) is 5.02 Å². The second-order valence-corrected chi connectivity index (χ2v) is 5.63. The second kappa shape index (κ2) is 8.34. The fourth-order valence-electron chi connectivity index (χ4n) is 1.86. The largest absolute Gasteiger partial charge is 0.459 e. The number of amides is 2. The van der Waals surface area contributed by atoms with Crippen LogP contribution in [0.1, 0.15) is 24.4 Å². The second-order valence-electron chi connectivity index (χ2n) is 5.22. The molecule has 1 aromatic carbocycles. The molecule has 1 aromatic heterocycles. The van der Waals surface area contributed by atoms with Crippen LogP contribution >= 0.6 is 11.6 Å². The van der Waals surface area contributed by atoms with Crippen molar-refractivity contribution in [1.82, 2.24) is 5.32 Å². The summed E-state index contributed by atoms with van der Waals surface area (Å²) in [6, 6.07) is 8.76. The van der Waals surface area contributed by atoms with Crippen molar-refractivity contribution in [3.63, 3.8) is 0 Å². The number of anilines is 1. The van der Waals surface area contributed by atoms with Crippen LogP contribution in [0.3, 0.4) is 0 Å². The maximum absolute atomic E-state index is 12.1. The van der Waals surface area contributed by atoms with Crippen LogP contribution in [0.4, 0.5) is 5.69 Å². The molecule has 0 radical (unpaired) electrons. The van der Waals surface area contributed by atoms with E-state index < -0.39 is 29.9 Å². The van der Waals surface area contributed by atoms with Gasteiger partial charge in [0.15, 0.2) is 11.9 Å². The number of para-hydroxylation sites is 1. The average molecular weight is 365 g/mol. The van der Waals surface area contributed by atoms with Crippen LogP contribution in [-0.2, 0) is 14.3 Å². The van der Waals surface area contributed by atoms with E-state index in [-0.39, 0.29) is 5.76 Å². The Morgan fingerprint density at radius 3 is 2.48 bits per heavy atom. The SMILES string of the molecule is C[C@H](NC(=O)c1ccco1)C(=O)O[C@@H](C)C(=O)Nc1ccccc1Cl. The first-order valence-corrected chi connectivity index (χ1v) is 7.86. The zero-order valence-corrected chi connectivity index (χ0v) is 14.4. The van der Waals surface area contributed by atoms with E-state index in [9.17, 15) is 14.4 Å². The maximum Gasteiger partial charge on any atom is 0.329 e. The standard InChI is InChI=1S/C17H17ClN2O5/c1-10(19-16(22)14-8-5-9-24-14)17(23)25-11(2)15(21)20-13-7-4-3-6-12(13)18/h3-11H,1-2H3,(H,19,22)(H,20,21)/t10-,11-/m0/s1. The molecule has 25 heavy (non-hydrogen) atoms. The van der Waals surface area contributed by atoms with E-state index in [1.165, 1.54) is 26.2 Å². The number of furan rings is 1. The number of carbonyl (C=O) groups is 3. The van der Waals surface area contributed by atoms with Gasteiger partial charge in [-0.3, -0.25) is 9.59 Å². The molecule has 0 bridgehead atoms. The molecule has 132 valence electrons. The number of hydrogen-bond acceptors (Lipinski definition) is 5. The average Bonchev–Trinajstić information content (AvgIpc) is 3.11. The molecular weight excluding hydrogens is 348 g/mol. The Bertz CT molecular complexity index is 760. The zero-order chi connectivity index (χ0) is 18.4. The fraction of sp³-hybridized carbons (Fsp3) is 0.235. The molecule has 8 heteroatoms. The van der Waals surface area contributed by atoms with E-state index in [2.05, 4.69) is 10.6 Å². The molecule has 0 aliphatic rings. The van der Waals surface area contributed by atoms with Gasteiger partial charge in [-0.2, -0.15) is 0 Å². The molecule has 0 unspecified atom stereocenters. The van der Waals surface area contributed by atoms with Crippen molar-refractivity contribution in [2.45, 2.75) is 26.0 Å². The van der Waals surface area contributed by atoms with Gasteiger partial charge in [-0.15, -0.1) is 0 Å². The van der Waals surface area contributed by atoms with Crippen molar-refractivity contribution in [2.24, 2.45) is 0 Å². The van der Waals surface area contributed by atoms with E-state index >= 15 is 0 Å². The number of nitrogens with one attached hydrogen (secondary N) is 2. The number of carbonyl (C=O) groups excluding carboxylic acids is 3. The summed E-state index contributed by atoms with van der Waals surface area (Å²) in [5.74, 6) is -1.76. The normalized spacial score (nSPS) is 12.8. The highest BCUT2D eigenvalue weighted by Crippen LogP contribution is 2.20. The Labute approximate surface area is 149 Å². The molecule has 0 aliphatic carbocycles. The monoisotopic (exact) mass is 364 g/mol. The Morgan fingerprint density at radius 1 is 1.12 bits per heavy atom. The number of esters is 1. The molecular formula is C17H17ClN2O5. The van der Waals surface area contributed by atoms with Crippen molar-refractivity contribution in [1.29, 1.82) is 0 Å². The van der Waals surface area contributed by atoms with Gasteiger partial charge in [-0.05, 0) is 38.1 Å². The van der Waals surface area contributed by atoms with Crippen LogP contribution in [0.15, 0.2) is 47.1 Å². The van der Waals surface area contributed by atoms with Gasteiger partial charge in [-0.1, -0.05) is 23.7 Å². The predicted octanol–water partition coefficient (Wildman–Crippen LogP) is 2.62. The van der Waals surface area contributed by atoms with E-state index in [0.29, 0.717) is 10.7 Å². The number of ether oxygens (including phenoxy) is 1. The molecule has 2 amide bonds. The van der Waals surface area contributed by atoms with Crippen molar-refractivity contribution in [3.05, 3.63) is 53.4 Å². The molecule has 7 nitrogen and oxygen atoms in total. The maximum atomic E-state index is 12.1. The lowest BCUT2D eigenvalue weighted by atomic mass is 10.3. The van der Waals surface area contributed by atoms with Gasteiger partial charge in [0, 0.05) is 0 Å². The summed E-state index contributed by atoms with van der Waals surface area (Å²) in [5.41, 5.74) is 0.413. The topological polar surface area (TPSA) is 97.6 Å². The minimum Gasteiger partial charge on any atom is -0.459 e. The van der Waals surface area contributed by atoms with Gasteiger partial charge < -0.3 is 19.8 Å². The van der Waals surface area contributed by atoms with Gasteiger partial charge in [0.1, 0.15) is 6.04 Å². The van der Waals surface area contributed by atoms with Crippen LogP contribution in [0, 0.1) is 0 Å². The van der Waals surface area contributed by atoms with E-state index in [1.807, 2.05) is 0 Å². The molecule has 0 aliphatic heterocycles. The quantitative estimate of drug-likeness (QED) is 0.768. The summed E-state index contributed by atoms with van der Waals surface area (Å²) in [7, 11) is 0. The number of rotatable bonds is 6. The lowest BCUT2D eigenvalue weighted by Gasteiger charge is -2.17. The van der Waals surface area contributed by atoms with Gasteiger partial charge in [0.2, 0.25) is 0 Å². The molecule has 0 saturated carbocycles. The Hall–Kier alpha value is -2.80. The van der Waals surface area contributed by atoms with Crippen LogP contribution in [-0.4, -0.2) is 29.9 Å². The van der Waals surface area contributed by atoms with Gasteiger partial charge in [-0.25, -0.2) is 4.79 Å². The minimum absolute atomic E-state index is 0.0733. The highest BCUT2D eigenvalue weighted by atomic mass is 35.5. The Kier molecular flexibility index (Phi) is 6.19. The van der Waals surface area contributed by atoms with E-state index in [4.69, 9.17) is 20.8 Å². The van der Waals surface area contributed by atoms with E-state index in [0.717, 1.165) is 0 Å². The first-order chi connectivity index (χ1) is 11.9. The third-order valence-electron chi connectivity index (χ3n) is 3.24. The molecule has 0 spiro atoms. The van der Waals surface area contributed by atoms with Crippen molar-refractivity contribution >= 4 is 35.1 Å². The molecule has 2 aromatic rings. The van der Waals surface area contributed by atoms with Crippen molar-refractivity contribution < 1.29 is 23.5 Å².